The quantitative estimate of drug-likeness (QED) is 0.300. The number of phenolic OH excluding ortho intramolecular Hbond substituents is 3. The Balaban J connectivity index is 1.75. The molecule has 1 aromatic heterocycles. The van der Waals surface area contributed by atoms with Crippen LogP contribution in [-0.2, 0) is 0 Å². The Hall–Kier alpha value is -4.51. The fourth-order valence-corrected chi connectivity index (χ4v) is 4.29. The minimum atomic E-state index is -0.981. The number of hydrogen-bond acceptors (Lipinski definition) is 11. The van der Waals surface area contributed by atoms with E-state index in [-0.39, 0.29) is 62.2 Å². The highest BCUT2D eigenvalue weighted by Crippen LogP contribution is 2.51. The van der Waals surface area contributed by atoms with Gasteiger partial charge in [-0.15, -0.1) is 0 Å². The third kappa shape index (κ3) is 3.43. The number of fused-ring (bicyclic) bond motifs is 4. The zero-order valence-electron chi connectivity index (χ0n) is 19.4. The van der Waals surface area contributed by atoms with Crippen LogP contribution in [-0.4, -0.2) is 54.5 Å². The van der Waals surface area contributed by atoms with E-state index in [1.165, 1.54) is 45.6 Å². The molecule has 11 nitrogen and oxygen atoms in total. The van der Waals surface area contributed by atoms with E-state index in [1.807, 2.05) is 0 Å². The molecule has 188 valence electrons. The van der Waals surface area contributed by atoms with Gasteiger partial charge in [-0.3, -0.25) is 4.79 Å². The lowest BCUT2D eigenvalue weighted by atomic mass is 10.0. The molecule has 3 aromatic carbocycles. The molecule has 4 aromatic rings. The van der Waals surface area contributed by atoms with Crippen molar-refractivity contribution < 1.29 is 48.5 Å². The lowest BCUT2D eigenvalue weighted by molar-refractivity contribution is -0.0135. The van der Waals surface area contributed by atoms with Crippen molar-refractivity contribution in [2.75, 3.05) is 27.9 Å². The van der Waals surface area contributed by atoms with Crippen molar-refractivity contribution in [1.29, 1.82) is 0 Å². The maximum atomic E-state index is 13.2. The fraction of sp³-hybridized carbons (Fsp3) is 0.240. The van der Waals surface area contributed by atoms with Crippen molar-refractivity contribution in [3.05, 3.63) is 46.1 Å². The standard InChI is InChI=1S/C25H22O11/c1-31-15-4-10(5-16(32-2)21(15)30)22-18(9-26)35-25-23-12(8-17(33-3)24(25)36-22)20(29)19-13(28)6-11(27)7-14(19)34-23/h4-8,18,22,26-28,30H,9H2,1-3H3. The average molecular weight is 498 g/mol. The summed E-state index contributed by atoms with van der Waals surface area (Å²) in [4.78, 5) is 13.2. The number of hydrogen-bond donors (Lipinski definition) is 4. The second-order valence-electron chi connectivity index (χ2n) is 8.03. The molecule has 36 heavy (non-hydrogen) atoms. The molecule has 2 heterocycles. The normalized spacial score (nSPS) is 16.8. The van der Waals surface area contributed by atoms with Gasteiger partial charge in [-0.1, -0.05) is 0 Å². The van der Waals surface area contributed by atoms with E-state index in [9.17, 15) is 25.2 Å². The molecule has 0 spiro atoms. The van der Waals surface area contributed by atoms with Crippen LogP contribution in [0, 0.1) is 0 Å². The third-order valence-corrected chi connectivity index (χ3v) is 5.99. The highest BCUT2D eigenvalue weighted by Gasteiger charge is 2.38. The Morgan fingerprint density at radius 1 is 0.861 bits per heavy atom. The minimum Gasteiger partial charge on any atom is -0.508 e. The van der Waals surface area contributed by atoms with Crippen molar-refractivity contribution in [1.82, 2.24) is 0 Å². The van der Waals surface area contributed by atoms with Crippen LogP contribution < -0.4 is 29.1 Å². The van der Waals surface area contributed by atoms with Gasteiger partial charge >= 0.3 is 0 Å². The highest BCUT2D eigenvalue weighted by atomic mass is 16.6. The zero-order valence-corrected chi connectivity index (χ0v) is 19.4. The Labute approximate surface area is 203 Å². The van der Waals surface area contributed by atoms with Gasteiger partial charge in [0.15, 0.2) is 35.0 Å². The van der Waals surface area contributed by atoms with Crippen LogP contribution in [0.1, 0.15) is 11.7 Å². The van der Waals surface area contributed by atoms with E-state index >= 15 is 0 Å². The van der Waals surface area contributed by atoms with E-state index in [4.69, 9.17) is 28.1 Å². The Bertz CT molecular complexity index is 1530. The molecule has 5 rings (SSSR count). The number of aliphatic hydroxyl groups is 1. The van der Waals surface area contributed by atoms with E-state index in [1.54, 1.807) is 0 Å². The zero-order chi connectivity index (χ0) is 25.7. The molecule has 4 N–H and O–H groups in total. The summed E-state index contributed by atoms with van der Waals surface area (Å²) in [6.45, 7) is -0.492. The van der Waals surface area contributed by atoms with Crippen molar-refractivity contribution in [3.63, 3.8) is 0 Å². The molecule has 0 aliphatic carbocycles. The summed E-state index contributed by atoms with van der Waals surface area (Å²) in [6.07, 6.45) is -1.89. The summed E-state index contributed by atoms with van der Waals surface area (Å²) in [5, 5.41) is 40.4. The van der Waals surface area contributed by atoms with Crippen LogP contribution in [0.3, 0.4) is 0 Å². The van der Waals surface area contributed by atoms with Crippen LogP contribution >= 0.6 is 0 Å². The van der Waals surface area contributed by atoms with Gasteiger partial charge < -0.3 is 48.5 Å². The van der Waals surface area contributed by atoms with Gasteiger partial charge in [0.25, 0.3) is 0 Å². The lowest BCUT2D eigenvalue weighted by Gasteiger charge is -2.34. The molecule has 0 bridgehead atoms. The highest BCUT2D eigenvalue weighted by molar-refractivity contribution is 5.98. The lowest BCUT2D eigenvalue weighted by Crippen LogP contribution is -2.36. The maximum absolute atomic E-state index is 13.2. The number of aliphatic hydroxyl groups excluding tert-OH is 1. The van der Waals surface area contributed by atoms with E-state index < -0.39 is 30.0 Å². The molecule has 2 unspecified atom stereocenters. The number of rotatable bonds is 5. The summed E-state index contributed by atoms with van der Waals surface area (Å²) >= 11 is 0. The Kier molecular flexibility index (Phi) is 5.56. The number of aromatic hydroxyl groups is 3. The largest absolute Gasteiger partial charge is 0.508 e. The predicted octanol–water partition coefficient (Wildman–Crippen LogP) is 2.96. The SMILES string of the molecule is COc1cc(C2Oc3c(OC)cc4c(=O)c5c(O)cc(O)cc5oc4c3OC2CO)cc(OC)c1O. The minimum absolute atomic E-state index is 0.000749. The van der Waals surface area contributed by atoms with Crippen molar-refractivity contribution in [3.8, 4) is 46.0 Å². The van der Waals surface area contributed by atoms with Crippen LogP contribution in [0.4, 0.5) is 0 Å². The molecular weight excluding hydrogens is 476 g/mol. The molecule has 0 radical (unpaired) electrons. The molecular formula is C25H22O11. The summed E-state index contributed by atoms with van der Waals surface area (Å²) in [5.74, 6) is -0.469. The van der Waals surface area contributed by atoms with Gasteiger partial charge in [0.2, 0.25) is 22.7 Å². The van der Waals surface area contributed by atoms with Gasteiger partial charge in [-0.25, -0.2) is 0 Å². The van der Waals surface area contributed by atoms with E-state index in [0.29, 0.717) is 5.56 Å². The number of benzene rings is 3. The monoisotopic (exact) mass is 498 g/mol. The fourth-order valence-electron chi connectivity index (χ4n) is 4.29. The maximum Gasteiger partial charge on any atom is 0.209 e. The smallest absolute Gasteiger partial charge is 0.209 e. The molecule has 11 heteroatoms. The molecule has 0 saturated carbocycles. The number of ether oxygens (including phenoxy) is 5. The summed E-state index contributed by atoms with van der Waals surface area (Å²) in [5.41, 5.74) is -0.213. The van der Waals surface area contributed by atoms with Crippen LogP contribution in [0.25, 0.3) is 21.9 Å². The van der Waals surface area contributed by atoms with Gasteiger partial charge in [-0.2, -0.15) is 0 Å². The second kappa shape index (κ2) is 8.61. The van der Waals surface area contributed by atoms with Gasteiger partial charge in [0.05, 0.1) is 33.3 Å². The average Bonchev–Trinajstić information content (AvgIpc) is 2.87. The molecule has 1 aliphatic rings. The molecule has 0 saturated heterocycles. The number of phenols is 3. The van der Waals surface area contributed by atoms with E-state index in [2.05, 4.69) is 0 Å². The summed E-state index contributed by atoms with van der Waals surface area (Å²) in [7, 11) is 4.14. The molecule has 1 aliphatic heterocycles. The first-order valence-electron chi connectivity index (χ1n) is 10.7. The number of methoxy groups -OCH3 is 3. The van der Waals surface area contributed by atoms with Crippen molar-refractivity contribution in [2.24, 2.45) is 0 Å². The molecule has 0 fully saturated rings. The Morgan fingerprint density at radius 3 is 2.14 bits per heavy atom. The van der Waals surface area contributed by atoms with Crippen LogP contribution in [0.15, 0.2) is 39.5 Å². The topological polar surface area (TPSA) is 157 Å². The first kappa shape index (κ1) is 23.2. The summed E-state index contributed by atoms with van der Waals surface area (Å²) < 4.78 is 34.1. The van der Waals surface area contributed by atoms with Crippen molar-refractivity contribution >= 4 is 21.9 Å². The summed E-state index contributed by atoms with van der Waals surface area (Å²) in [6, 6.07) is 6.66. The Morgan fingerprint density at radius 2 is 1.53 bits per heavy atom. The predicted molar refractivity (Wildman–Crippen MR) is 126 cm³/mol. The van der Waals surface area contributed by atoms with Crippen molar-refractivity contribution in [2.45, 2.75) is 12.2 Å². The molecule has 0 amide bonds. The first-order valence-corrected chi connectivity index (χ1v) is 10.7. The van der Waals surface area contributed by atoms with Crippen LogP contribution in [0.5, 0.6) is 46.0 Å². The van der Waals surface area contributed by atoms with Crippen LogP contribution in [0.2, 0.25) is 0 Å². The van der Waals surface area contributed by atoms with Gasteiger partial charge in [0.1, 0.15) is 22.5 Å². The first-order chi connectivity index (χ1) is 17.3. The van der Waals surface area contributed by atoms with Gasteiger partial charge in [-0.05, 0) is 18.2 Å². The third-order valence-electron chi connectivity index (χ3n) is 5.99. The molecule has 2 atom stereocenters. The van der Waals surface area contributed by atoms with Gasteiger partial charge in [0, 0.05) is 17.7 Å². The second-order valence-corrected chi connectivity index (χ2v) is 8.03. The van der Waals surface area contributed by atoms with E-state index in [0.717, 1.165) is 6.07 Å².